The fourth-order valence-corrected chi connectivity index (χ4v) is 2.62. The fraction of sp³-hybridized carbons (Fsp3) is 0.533. The minimum Gasteiger partial charge on any atom is -0.397 e. The van der Waals surface area contributed by atoms with Gasteiger partial charge in [0.15, 0.2) is 0 Å². The van der Waals surface area contributed by atoms with Crippen molar-refractivity contribution in [1.29, 1.82) is 0 Å². The number of rotatable bonds is 4. The lowest BCUT2D eigenvalue weighted by atomic mass is 10.2. The second-order valence-corrected chi connectivity index (χ2v) is 5.96. The first-order valence-corrected chi connectivity index (χ1v) is 7.68. The normalized spacial score (nSPS) is 17.4. The van der Waals surface area contributed by atoms with Gasteiger partial charge in [-0.25, -0.2) is 0 Å². The van der Waals surface area contributed by atoms with E-state index in [1.165, 1.54) is 0 Å². The van der Waals surface area contributed by atoms with Crippen LogP contribution in [-0.4, -0.2) is 55.5 Å². The molecule has 0 saturated carbocycles. The van der Waals surface area contributed by atoms with E-state index >= 15 is 0 Å². The number of nitrogens with zero attached hydrogens (tertiary/aromatic N) is 2. The highest BCUT2D eigenvalue weighted by Crippen LogP contribution is 2.22. The Balaban J connectivity index is 1.79. The van der Waals surface area contributed by atoms with Gasteiger partial charge in [0.1, 0.15) is 0 Å². The van der Waals surface area contributed by atoms with E-state index in [1.807, 2.05) is 0 Å². The smallest absolute Gasteiger partial charge is 0.225 e. The molecule has 1 aromatic rings. The van der Waals surface area contributed by atoms with Crippen molar-refractivity contribution in [3.8, 4) is 0 Å². The van der Waals surface area contributed by atoms with Crippen LogP contribution in [0.2, 0.25) is 5.02 Å². The second-order valence-electron chi connectivity index (χ2n) is 5.53. The molecule has 0 unspecified atom stereocenters. The van der Waals surface area contributed by atoms with Crippen LogP contribution in [0.3, 0.4) is 0 Å². The quantitative estimate of drug-likeness (QED) is 0.834. The van der Waals surface area contributed by atoms with Crippen LogP contribution in [0.25, 0.3) is 0 Å². The summed E-state index contributed by atoms with van der Waals surface area (Å²) < 4.78 is 0. The minimum absolute atomic E-state index is 0.0124. The Morgan fingerprint density at radius 3 is 2.90 bits per heavy atom. The predicted octanol–water partition coefficient (Wildman–Crippen LogP) is 1.89. The molecule has 5 nitrogen and oxygen atoms in total. The summed E-state index contributed by atoms with van der Waals surface area (Å²) in [6.45, 7) is 5.05. The van der Waals surface area contributed by atoms with Crippen LogP contribution in [0, 0.1) is 0 Å². The van der Waals surface area contributed by atoms with Gasteiger partial charge in [-0.1, -0.05) is 11.6 Å². The maximum absolute atomic E-state index is 12.0. The van der Waals surface area contributed by atoms with Gasteiger partial charge in [0.25, 0.3) is 0 Å². The molecular formula is C15H23ClN4O. The van der Waals surface area contributed by atoms with Crippen LogP contribution in [0.15, 0.2) is 18.2 Å². The highest BCUT2D eigenvalue weighted by Gasteiger charge is 2.13. The lowest BCUT2D eigenvalue weighted by Crippen LogP contribution is -2.31. The van der Waals surface area contributed by atoms with Gasteiger partial charge in [0.05, 0.1) is 11.4 Å². The maximum atomic E-state index is 12.0. The van der Waals surface area contributed by atoms with E-state index in [0.717, 1.165) is 39.1 Å². The predicted molar refractivity (Wildman–Crippen MR) is 87.7 cm³/mol. The first-order valence-electron chi connectivity index (χ1n) is 7.30. The number of nitrogens with one attached hydrogen (secondary N) is 1. The summed E-state index contributed by atoms with van der Waals surface area (Å²) in [7, 11) is 2.14. The first kappa shape index (κ1) is 16.1. The van der Waals surface area contributed by atoms with Crippen LogP contribution in [0.5, 0.6) is 0 Å². The van der Waals surface area contributed by atoms with Crippen molar-refractivity contribution in [2.24, 2.45) is 0 Å². The van der Waals surface area contributed by atoms with Gasteiger partial charge in [0, 0.05) is 31.1 Å². The third-order valence-corrected chi connectivity index (χ3v) is 3.99. The largest absolute Gasteiger partial charge is 0.397 e. The molecule has 0 aromatic heterocycles. The summed E-state index contributed by atoms with van der Waals surface area (Å²) in [5.74, 6) is -0.0124. The number of hydrogen-bond acceptors (Lipinski definition) is 4. The van der Waals surface area contributed by atoms with Crippen LogP contribution < -0.4 is 11.1 Å². The first-order chi connectivity index (χ1) is 10.0. The molecule has 0 aliphatic carbocycles. The number of carbonyl (C=O) groups excluding carboxylic acids is 1. The molecule has 0 atom stereocenters. The number of halogens is 1. The van der Waals surface area contributed by atoms with Gasteiger partial charge in [-0.05, 0) is 44.8 Å². The summed E-state index contributed by atoms with van der Waals surface area (Å²) >= 11 is 5.84. The summed E-state index contributed by atoms with van der Waals surface area (Å²) in [5, 5.41) is 3.41. The molecule has 1 heterocycles. The van der Waals surface area contributed by atoms with Crippen LogP contribution in [0.4, 0.5) is 11.4 Å². The molecule has 1 aliphatic heterocycles. The van der Waals surface area contributed by atoms with Crippen LogP contribution in [-0.2, 0) is 4.79 Å². The molecule has 0 bridgehead atoms. The number of anilines is 2. The Labute approximate surface area is 131 Å². The number of nitrogens with two attached hydrogens (primary N) is 1. The maximum Gasteiger partial charge on any atom is 0.225 e. The minimum atomic E-state index is -0.0124. The zero-order chi connectivity index (χ0) is 15.2. The van der Waals surface area contributed by atoms with E-state index in [-0.39, 0.29) is 5.91 Å². The van der Waals surface area contributed by atoms with E-state index in [4.69, 9.17) is 17.3 Å². The number of nitrogen functional groups attached to an aromatic ring is 1. The lowest BCUT2D eigenvalue weighted by Gasteiger charge is -2.19. The zero-order valence-corrected chi connectivity index (χ0v) is 13.2. The van der Waals surface area contributed by atoms with E-state index in [0.29, 0.717) is 22.8 Å². The molecule has 1 fully saturated rings. The third-order valence-electron chi connectivity index (χ3n) is 3.75. The van der Waals surface area contributed by atoms with E-state index in [9.17, 15) is 4.79 Å². The highest BCUT2D eigenvalue weighted by molar-refractivity contribution is 6.31. The van der Waals surface area contributed by atoms with Crippen molar-refractivity contribution in [3.63, 3.8) is 0 Å². The molecule has 0 spiro atoms. The van der Waals surface area contributed by atoms with Crippen LogP contribution in [0.1, 0.15) is 12.8 Å². The molecule has 1 aromatic carbocycles. The molecule has 1 amide bonds. The van der Waals surface area contributed by atoms with Gasteiger partial charge in [-0.15, -0.1) is 0 Å². The van der Waals surface area contributed by atoms with Gasteiger partial charge in [0.2, 0.25) is 5.91 Å². The Kier molecular flexibility index (Phi) is 5.85. The Morgan fingerprint density at radius 1 is 1.33 bits per heavy atom. The summed E-state index contributed by atoms with van der Waals surface area (Å²) in [5.41, 5.74) is 6.95. The standard InChI is InChI=1S/C15H23ClN4O/c1-19-6-2-7-20(10-9-19)8-5-15(21)18-14-4-3-12(16)11-13(14)17/h3-4,11H,2,5-10,17H2,1H3,(H,18,21). The Bertz CT molecular complexity index is 495. The Morgan fingerprint density at radius 2 is 2.14 bits per heavy atom. The lowest BCUT2D eigenvalue weighted by molar-refractivity contribution is -0.116. The number of hydrogen-bond donors (Lipinski definition) is 2. The summed E-state index contributed by atoms with van der Waals surface area (Å²) in [6.07, 6.45) is 1.63. The third kappa shape index (κ3) is 5.19. The van der Waals surface area contributed by atoms with Crippen molar-refractivity contribution in [2.75, 3.05) is 50.8 Å². The molecule has 116 valence electrons. The van der Waals surface area contributed by atoms with E-state index < -0.39 is 0 Å². The number of amides is 1. The summed E-state index contributed by atoms with van der Waals surface area (Å²) in [4.78, 5) is 16.7. The molecule has 2 rings (SSSR count). The van der Waals surface area contributed by atoms with E-state index in [2.05, 4.69) is 22.2 Å². The molecule has 6 heteroatoms. The molecule has 3 N–H and O–H groups in total. The number of likely N-dealkylation sites (N-methyl/N-ethyl adjacent to an activating group) is 1. The van der Waals surface area contributed by atoms with Crippen molar-refractivity contribution in [1.82, 2.24) is 9.80 Å². The van der Waals surface area contributed by atoms with Gasteiger partial charge >= 0.3 is 0 Å². The zero-order valence-electron chi connectivity index (χ0n) is 12.4. The van der Waals surface area contributed by atoms with Crippen molar-refractivity contribution < 1.29 is 4.79 Å². The van der Waals surface area contributed by atoms with Crippen molar-refractivity contribution in [2.45, 2.75) is 12.8 Å². The van der Waals surface area contributed by atoms with Gasteiger partial charge in [-0.2, -0.15) is 0 Å². The average Bonchev–Trinajstić information content (AvgIpc) is 2.64. The van der Waals surface area contributed by atoms with Crippen molar-refractivity contribution >= 4 is 28.9 Å². The molecule has 0 radical (unpaired) electrons. The summed E-state index contributed by atoms with van der Waals surface area (Å²) in [6, 6.07) is 5.09. The topological polar surface area (TPSA) is 61.6 Å². The molecular weight excluding hydrogens is 288 g/mol. The number of benzene rings is 1. The Hall–Kier alpha value is -1.30. The monoisotopic (exact) mass is 310 g/mol. The number of carbonyl (C=O) groups is 1. The average molecular weight is 311 g/mol. The van der Waals surface area contributed by atoms with Gasteiger partial charge in [-0.3, -0.25) is 4.79 Å². The molecule has 1 aliphatic rings. The van der Waals surface area contributed by atoms with E-state index in [1.54, 1.807) is 18.2 Å². The second kappa shape index (κ2) is 7.64. The molecule has 21 heavy (non-hydrogen) atoms. The fourth-order valence-electron chi connectivity index (χ4n) is 2.44. The van der Waals surface area contributed by atoms with Gasteiger partial charge < -0.3 is 20.9 Å². The van der Waals surface area contributed by atoms with Crippen LogP contribution >= 0.6 is 11.6 Å². The highest BCUT2D eigenvalue weighted by atomic mass is 35.5. The SMILES string of the molecule is CN1CCCN(CCC(=O)Nc2ccc(Cl)cc2N)CC1. The van der Waals surface area contributed by atoms with Crippen molar-refractivity contribution in [3.05, 3.63) is 23.2 Å². The molecule has 1 saturated heterocycles.